The van der Waals surface area contributed by atoms with Crippen LogP contribution in [-0.4, -0.2) is 11.5 Å². The van der Waals surface area contributed by atoms with E-state index in [0.717, 1.165) is 16.9 Å². The first-order chi connectivity index (χ1) is 10.1. The Morgan fingerprint density at radius 3 is 2.71 bits per heavy atom. The first-order valence-corrected chi connectivity index (χ1v) is 6.81. The van der Waals surface area contributed by atoms with Crippen LogP contribution in [0.25, 0.3) is 0 Å². The van der Waals surface area contributed by atoms with Crippen LogP contribution in [0.5, 0.6) is 5.75 Å². The molecule has 0 saturated carbocycles. The number of nitro benzene ring substituents is 1. The molecule has 110 valence electrons. The third kappa shape index (κ3) is 3.95. The molecule has 2 rings (SSSR count). The fourth-order valence-electron chi connectivity index (χ4n) is 2.03. The average Bonchev–Trinajstić information content (AvgIpc) is 2.46. The number of rotatable bonds is 6. The number of hydrogen-bond donors (Lipinski definition) is 1. The molecule has 0 aromatic heterocycles. The van der Waals surface area contributed by atoms with Crippen molar-refractivity contribution < 1.29 is 9.66 Å². The van der Waals surface area contributed by atoms with Gasteiger partial charge in [0.05, 0.1) is 4.92 Å². The molecule has 5 heteroatoms. The van der Waals surface area contributed by atoms with E-state index in [9.17, 15) is 10.1 Å². The molecule has 0 heterocycles. The van der Waals surface area contributed by atoms with E-state index in [4.69, 9.17) is 4.74 Å². The third-order valence-corrected chi connectivity index (χ3v) is 3.02. The molecule has 0 atom stereocenters. The highest BCUT2D eigenvalue weighted by Crippen LogP contribution is 2.26. The van der Waals surface area contributed by atoms with E-state index in [1.54, 1.807) is 12.1 Å². The molecule has 5 nitrogen and oxygen atoms in total. The lowest BCUT2D eigenvalue weighted by atomic mass is 10.2. The zero-order valence-electron chi connectivity index (χ0n) is 12.1. The van der Waals surface area contributed by atoms with Crippen molar-refractivity contribution in [1.29, 1.82) is 0 Å². The van der Waals surface area contributed by atoms with Gasteiger partial charge in [0.25, 0.3) is 5.69 Å². The van der Waals surface area contributed by atoms with E-state index >= 15 is 0 Å². The molecular weight excluding hydrogens is 268 g/mol. The van der Waals surface area contributed by atoms with Crippen molar-refractivity contribution in [2.24, 2.45) is 0 Å². The minimum atomic E-state index is -0.381. The third-order valence-electron chi connectivity index (χ3n) is 3.02. The van der Waals surface area contributed by atoms with Gasteiger partial charge in [-0.15, -0.1) is 0 Å². The predicted octanol–water partition coefficient (Wildman–Crippen LogP) is 3.91. The van der Waals surface area contributed by atoms with Gasteiger partial charge in [0.1, 0.15) is 18.0 Å². The molecule has 0 aliphatic carbocycles. The van der Waals surface area contributed by atoms with Crippen LogP contribution in [-0.2, 0) is 6.61 Å². The summed E-state index contributed by atoms with van der Waals surface area (Å²) in [6.45, 7) is 4.83. The van der Waals surface area contributed by atoms with Gasteiger partial charge in [-0.2, -0.15) is 0 Å². The lowest BCUT2D eigenvalue weighted by Gasteiger charge is -2.09. The highest BCUT2D eigenvalue weighted by atomic mass is 16.6. The van der Waals surface area contributed by atoms with Crippen LogP contribution in [0.3, 0.4) is 0 Å². The SMILES string of the molecule is CCNc1ccc(COc2cccc(C)c2)cc1[N+](=O)[O-]. The highest BCUT2D eigenvalue weighted by Gasteiger charge is 2.14. The topological polar surface area (TPSA) is 64.4 Å². The molecule has 0 bridgehead atoms. The lowest BCUT2D eigenvalue weighted by Crippen LogP contribution is -2.03. The summed E-state index contributed by atoms with van der Waals surface area (Å²) in [5, 5.41) is 14.1. The fraction of sp³-hybridized carbons (Fsp3) is 0.250. The summed E-state index contributed by atoms with van der Waals surface area (Å²) in [4.78, 5) is 10.7. The molecule has 1 N–H and O–H groups in total. The second-order valence-corrected chi connectivity index (χ2v) is 4.74. The first-order valence-electron chi connectivity index (χ1n) is 6.81. The average molecular weight is 286 g/mol. The first kappa shape index (κ1) is 14.8. The predicted molar refractivity (Wildman–Crippen MR) is 82.8 cm³/mol. The van der Waals surface area contributed by atoms with Crippen LogP contribution in [0.2, 0.25) is 0 Å². The summed E-state index contributed by atoms with van der Waals surface area (Å²) in [6.07, 6.45) is 0. The Balaban J connectivity index is 2.13. The van der Waals surface area contributed by atoms with E-state index < -0.39 is 0 Å². The summed E-state index contributed by atoms with van der Waals surface area (Å²) in [7, 11) is 0. The normalized spacial score (nSPS) is 10.2. The van der Waals surface area contributed by atoms with E-state index in [1.807, 2.05) is 44.2 Å². The van der Waals surface area contributed by atoms with Crippen molar-refractivity contribution >= 4 is 11.4 Å². The number of anilines is 1. The van der Waals surface area contributed by atoms with Gasteiger partial charge in [0, 0.05) is 12.6 Å². The van der Waals surface area contributed by atoms with E-state index in [0.29, 0.717) is 18.8 Å². The summed E-state index contributed by atoms with van der Waals surface area (Å²) < 4.78 is 5.66. The Labute approximate surface area is 123 Å². The summed E-state index contributed by atoms with van der Waals surface area (Å²) in [6, 6.07) is 12.8. The minimum absolute atomic E-state index is 0.0715. The van der Waals surface area contributed by atoms with Gasteiger partial charge in [-0.25, -0.2) is 0 Å². The van der Waals surface area contributed by atoms with E-state index in [-0.39, 0.29) is 10.6 Å². The molecule has 0 amide bonds. The largest absolute Gasteiger partial charge is 0.489 e. The van der Waals surface area contributed by atoms with Crippen molar-refractivity contribution in [2.75, 3.05) is 11.9 Å². The second-order valence-electron chi connectivity index (χ2n) is 4.74. The van der Waals surface area contributed by atoms with Crippen LogP contribution in [0.15, 0.2) is 42.5 Å². The molecule has 2 aromatic rings. The quantitative estimate of drug-likeness (QED) is 0.646. The summed E-state index contributed by atoms with van der Waals surface area (Å²) in [5.74, 6) is 0.758. The Morgan fingerprint density at radius 2 is 2.05 bits per heavy atom. The molecule has 21 heavy (non-hydrogen) atoms. The van der Waals surface area contributed by atoms with Gasteiger partial charge in [0.2, 0.25) is 0 Å². The maximum atomic E-state index is 11.1. The van der Waals surface area contributed by atoms with Crippen molar-refractivity contribution in [3.63, 3.8) is 0 Å². The number of nitrogens with zero attached hydrogens (tertiary/aromatic N) is 1. The zero-order valence-corrected chi connectivity index (χ0v) is 12.1. The number of nitrogens with one attached hydrogen (secondary N) is 1. The van der Waals surface area contributed by atoms with Crippen LogP contribution < -0.4 is 10.1 Å². The molecule has 0 spiro atoms. The van der Waals surface area contributed by atoms with Crippen LogP contribution in [0.1, 0.15) is 18.1 Å². The van der Waals surface area contributed by atoms with Crippen molar-refractivity contribution in [3.8, 4) is 5.75 Å². The minimum Gasteiger partial charge on any atom is -0.489 e. The Bertz CT molecular complexity index is 641. The van der Waals surface area contributed by atoms with Crippen LogP contribution >= 0.6 is 0 Å². The number of benzene rings is 2. The number of aryl methyl sites for hydroxylation is 1. The van der Waals surface area contributed by atoms with Crippen LogP contribution in [0, 0.1) is 17.0 Å². The van der Waals surface area contributed by atoms with Crippen LogP contribution in [0.4, 0.5) is 11.4 Å². The number of ether oxygens (including phenoxy) is 1. The molecule has 0 fully saturated rings. The van der Waals surface area contributed by atoms with E-state index in [1.165, 1.54) is 0 Å². The molecule has 0 saturated heterocycles. The van der Waals surface area contributed by atoms with Gasteiger partial charge in [-0.3, -0.25) is 10.1 Å². The van der Waals surface area contributed by atoms with Gasteiger partial charge < -0.3 is 10.1 Å². The maximum Gasteiger partial charge on any atom is 0.292 e. The Hall–Kier alpha value is -2.56. The second kappa shape index (κ2) is 6.74. The molecule has 0 aliphatic rings. The summed E-state index contributed by atoms with van der Waals surface area (Å²) in [5.41, 5.74) is 2.48. The van der Waals surface area contributed by atoms with Gasteiger partial charge in [0.15, 0.2) is 0 Å². The molecule has 2 aromatic carbocycles. The zero-order chi connectivity index (χ0) is 15.2. The van der Waals surface area contributed by atoms with E-state index in [2.05, 4.69) is 5.32 Å². The Morgan fingerprint density at radius 1 is 1.24 bits per heavy atom. The van der Waals surface area contributed by atoms with Gasteiger partial charge >= 0.3 is 0 Å². The highest BCUT2D eigenvalue weighted by molar-refractivity contribution is 5.62. The van der Waals surface area contributed by atoms with Crippen molar-refractivity contribution in [1.82, 2.24) is 0 Å². The maximum absolute atomic E-state index is 11.1. The number of hydrogen-bond acceptors (Lipinski definition) is 4. The molecule has 0 unspecified atom stereocenters. The fourth-order valence-corrected chi connectivity index (χ4v) is 2.03. The lowest BCUT2D eigenvalue weighted by molar-refractivity contribution is -0.384. The smallest absolute Gasteiger partial charge is 0.292 e. The monoisotopic (exact) mass is 286 g/mol. The number of nitro groups is 1. The summed E-state index contributed by atoms with van der Waals surface area (Å²) >= 11 is 0. The molecule has 0 aliphatic heterocycles. The van der Waals surface area contributed by atoms with Gasteiger partial charge in [-0.05, 0) is 43.2 Å². The van der Waals surface area contributed by atoms with Gasteiger partial charge in [-0.1, -0.05) is 18.2 Å². The molecule has 0 radical (unpaired) electrons. The van der Waals surface area contributed by atoms with Crippen molar-refractivity contribution in [3.05, 3.63) is 63.7 Å². The Kier molecular flexibility index (Phi) is 4.77. The van der Waals surface area contributed by atoms with Crippen molar-refractivity contribution in [2.45, 2.75) is 20.5 Å². The standard InChI is InChI=1S/C16H18N2O3/c1-3-17-15-8-7-13(10-16(15)18(19)20)11-21-14-6-4-5-12(2)9-14/h4-10,17H,3,11H2,1-2H3. The molecular formula is C16H18N2O3.